The summed E-state index contributed by atoms with van der Waals surface area (Å²) < 4.78 is 35.5. The molecule has 0 fully saturated rings. The summed E-state index contributed by atoms with van der Waals surface area (Å²) in [6, 6.07) is 14.6. The van der Waals surface area contributed by atoms with Crippen LogP contribution in [0.3, 0.4) is 0 Å². The largest absolute Gasteiger partial charge is 0.452 e. The average molecular weight is 611 g/mol. The van der Waals surface area contributed by atoms with Crippen LogP contribution in [0.1, 0.15) is 16.8 Å². The van der Waals surface area contributed by atoms with E-state index in [1.54, 1.807) is 42.5 Å². The number of carbonyl (C=O) groups is 1. The number of aromatic nitrogens is 3. The maximum Gasteiger partial charge on any atom is 0.414 e. The Morgan fingerprint density at radius 3 is 2.50 bits per heavy atom. The van der Waals surface area contributed by atoms with E-state index >= 15 is 0 Å². The lowest BCUT2D eigenvalue weighted by atomic mass is 10.1. The van der Waals surface area contributed by atoms with Gasteiger partial charge in [-0.1, -0.05) is 52.8 Å². The molecule has 0 saturated carbocycles. The quantitative estimate of drug-likeness (QED) is 0.200. The van der Waals surface area contributed by atoms with Gasteiger partial charge in [-0.05, 0) is 29.3 Å². The van der Waals surface area contributed by atoms with Gasteiger partial charge in [-0.15, -0.1) is 0 Å². The van der Waals surface area contributed by atoms with Crippen LogP contribution in [0.5, 0.6) is 0 Å². The van der Waals surface area contributed by atoms with Crippen molar-refractivity contribution in [2.75, 3.05) is 7.11 Å². The van der Waals surface area contributed by atoms with Crippen LogP contribution >= 0.6 is 15.9 Å². The standard InChI is InChI=1S/C27H25BrF2N8O2/c1-15(35-26(33)24(25(31)32)37(27(39)40-2)14-16-7-9-18(28)10-8-16)38-22-12-19(29)13-34-23(22)21(36-38)11-17-5-3-4-6-20(17)30/h3-10,12-13H,1,11,14,31-32H2,2H3,(H2,33,35). The van der Waals surface area contributed by atoms with Crippen LogP contribution in [-0.2, 0) is 17.7 Å². The number of benzene rings is 2. The summed E-state index contributed by atoms with van der Waals surface area (Å²) in [7, 11) is 1.20. The molecule has 1 amide bonds. The van der Waals surface area contributed by atoms with Gasteiger partial charge in [0.05, 0.1) is 31.1 Å². The maximum absolute atomic E-state index is 14.3. The molecule has 206 valence electrons. The summed E-state index contributed by atoms with van der Waals surface area (Å²) in [5, 5.41) is 4.47. The Morgan fingerprint density at radius 1 is 1.15 bits per heavy atom. The van der Waals surface area contributed by atoms with Gasteiger partial charge in [-0.2, -0.15) is 5.10 Å². The van der Waals surface area contributed by atoms with Gasteiger partial charge in [0.2, 0.25) is 0 Å². The van der Waals surface area contributed by atoms with Gasteiger partial charge in [0, 0.05) is 17.0 Å². The Hall–Kier alpha value is -4.78. The summed E-state index contributed by atoms with van der Waals surface area (Å²) in [6.07, 6.45) is 0.315. The number of hydrogen-bond acceptors (Lipinski definition) is 7. The first-order chi connectivity index (χ1) is 19.1. The first-order valence-electron chi connectivity index (χ1n) is 11.7. The van der Waals surface area contributed by atoms with Crippen LogP contribution in [0.2, 0.25) is 0 Å². The number of aliphatic imine (C=N–C) groups is 1. The third-order valence-corrected chi connectivity index (χ3v) is 6.33. The highest BCUT2D eigenvalue weighted by atomic mass is 79.9. The highest BCUT2D eigenvalue weighted by molar-refractivity contribution is 9.10. The fourth-order valence-electron chi connectivity index (χ4n) is 3.97. The van der Waals surface area contributed by atoms with Gasteiger partial charge in [0.1, 0.15) is 34.5 Å². The molecule has 0 spiro atoms. The highest BCUT2D eigenvalue weighted by Crippen LogP contribution is 2.24. The molecule has 10 nitrogen and oxygen atoms in total. The normalized spacial score (nSPS) is 11.3. The Kier molecular flexibility index (Phi) is 8.43. The van der Waals surface area contributed by atoms with Crippen LogP contribution < -0.4 is 17.2 Å². The summed E-state index contributed by atoms with van der Waals surface area (Å²) in [4.78, 5) is 22.3. The van der Waals surface area contributed by atoms with Gasteiger partial charge >= 0.3 is 6.09 Å². The monoisotopic (exact) mass is 610 g/mol. The average Bonchev–Trinajstić information content (AvgIpc) is 3.27. The topological polar surface area (TPSA) is 151 Å². The first kappa shape index (κ1) is 28.2. The number of nitrogens with zero attached hydrogens (tertiary/aromatic N) is 5. The van der Waals surface area contributed by atoms with Gasteiger partial charge in [0.15, 0.2) is 5.84 Å². The lowest BCUT2D eigenvalue weighted by Crippen LogP contribution is -2.39. The van der Waals surface area contributed by atoms with Gasteiger partial charge < -0.3 is 21.9 Å². The van der Waals surface area contributed by atoms with Crippen molar-refractivity contribution in [3.63, 3.8) is 0 Å². The predicted molar refractivity (Wildman–Crippen MR) is 151 cm³/mol. The molecule has 2 aromatic heterocycles. The number of fused-ring (bicyclic) bond motifs is 1. The van der Waals surface area contributed by atoms with E-state index in [1.165, 1.54) is 23.9 Å². The Labute approximate surface area is 236 Å². The third-order valence-electron chi connectivity index (χ3n) is 5.80. The smallest absolute Gasteiger partial charge is 0.414 e. The van der Waals surface area contributed by atoms with Crippen molar-refractivity contribution in [2.45, 2.75) is 13.0 Å². The molecule has 0 bridgehead atoms. The van der Waals surface area contributed by atoms with Crippen LogP contribution in [0.4, 0.5) is 13.6 Å². The molecular formula is C27H25BrF2N8O2. The number of halogens is 3. The molecule has 0 aliphatic rings. The second kappa shape index (κ2) is 11.9. The Balaban J connectivity index is 1.74. The predicted octanol–water partition coefficient (Wildman–Crippen LogP) is 4.20. The molecule has 2 heterocycles. The van der Waals surface area contributed by atoms with Crippen molar-refractivity contribution in [3.05, 3.63) is 112 Å². The second-order valence-corrected chi connectivity index (χ2v) is 9.46. The molecule has 0 aliphatic heterocycles. The highest BCUT2D eigenvalue weighted by Gasteiger charge is 2.25. The molecule has 0 aliphatic carbocycles. The molecule has 0 atom stereocenters. The Bertz CT molecular complexity index is 1650. The van der Waals surface area contributed by atoms with Crippen molar-refractivity contribution in [1.82, 2.24) is 19.7 Å². The van der Waals surface area contributed by atoms with Crippen LogP contribution in [0, 0.1) is 11.6 Å². The molecule has 0 radical (unpaired) electrons. The molecule has 2 aromatic carbocycles. The number of ether oxygens (including phenoxy) is 1. The number of rotatable bonds is 8. The van der Waals surface area contributed by atoms with Crippen molar-refractivity contribution >= 4 is 44.7 Å². The van der Waals surface area contributed by atoms with Crippen LogP contribution in [0.15, 0.2) is 88.4 Å². The number of methoxy groups -OCH3 is 1. The zero-order chi connectivity index (χ0) is 29.0. The van der Waals surface area contributed by atoms with E-state index < -0.39 is 17.7 Å². The molecule has 0 saturated heterocycles. The van der Waals surface area contributed by atoms with E-state index in [4.69, 9.17) is 21.9 Å². The van der Waals surface area contributed by atoms with Gasteiger partial charge in [0.25, 0.3) is 0 Å². The number of pyridine rings is 1. The first-order valence-corrected chi connectivity index (χ1v) is 12.5. The maximum atomic E-state index is 14.3. The van der Waals surface area contributed by atoms with Crippen molar-refractivity contribution in [3.8, 4) is 0 Å². The SMILES string of the molecule is C=C(N=C(N)C(=C(N)N)N(Cc1ccc(Br)cc1)C(=O)OC)n1nc(Cc2ccccc2F)c2ncc(F)cc21. The minimum Gasteiger partial charge on any atom is -0.452 e. The van der Waals surface area contributed by atoms with Crippen molar-refractivity contribution in [1.29, 1.82) is 0 Å². The number of carbonyl (C=O) groups excluding carboxylic acids is 1. The molecule has 0 unspecified atom stereocenters. The fraction of sp³-hybridized carbons (Fsp3) is 0.111. The second-order valence-electron chi connectivity index (χ2n) is 8.55. The molecule has 13 heteroatoms. The van der Waals surface area contributed by atoms with E-state index in [2.05, 4.69) is 37.6 Å². The Morgan fingerprint density at radius 2 is 1.85 bits per heavy atom. The number of hydrogen-bond donors (Lipinski definition) is 3. The summed E-state index contributed by atoms with van der Waals surface area (Å²) in [5.74, 6) is -1.71. The van der Waals surface area contributed by atoms with E-state index in [-0.39, 0.29) is 41.7 Å². The van der Waals surface area contributed by atoms with E-state index in [9.17, 15) is 13.6 Å². The van der Waals surface area contributed by atoms with Gasteiger partial charge in [-0.3, -0.25) is 4.90 Å². The minimum absolute atomic E-state index is 0.00248. The fourth-order valence-corrected chi connectivity index (χ4v) is 4.24. The van der Waals surface area contributed by atoms with E-state index in [0.29, 0.717) is 16.8 Å². The number of amides is 1. The zero-order valence-corrected chi connectivity index (χ0v) is 22.9. The molecule has 40 heavy (non-hydrogen) atoms. The zero-order valence-electron chi connectivity index (χ0n) is 21.3. The van der Waals surface area contributed by atoms with Crippen molar-refractivity contribution < 1.29 is 18.3 Å². The van der Waals surface area contributed by atoms with E-state index in [1.807, 2.05) is 0 Å². The molecule has 4 rings (SSSR count). The van der Waals surface area contributed by atoms with Gasteiger partial charge in [-0.25, -0.2) is 28.2 Å². The third kappa shape index (κ3) is 6.10. The summed E-state index contributed by atoms with van der Waals surface area (Å²) in [6.45, 7) is 3.91. The molecular weight excluding hydrogens is 586 g/mol. The lowest BCUT2D eigenvalue weighted by Gasteiger charge is -2.24. The summed E-state index contributed by atoms with van der Waals surface area (Å²) >= 11 is 3.37. The van der Waals surface area contributed by atoms with Crippen molar-refractivity contribution in [2.24, 2.45) is 22.2 Å². The van der Waals surface area contributed by atoms with Crippen LogP contribution in [-0.4, -0.2) is 38.7 Å². The summed E-state index contributed by atoms with van der Waals surface area (Å²) in [5.41, 5.74) is 20.0. The number of nitrogens with two attached hydrogens (primary N) is 3. The minimum atomic E-state index is -0.793. The van der Waals surface area contributed by atoms with E-state index in [0.717, 1.165) is 21.1 Å². The molecule has 4 aromatic rings. The van der Waals surface area contributed by atoms with Crippen LogP contribution in [0.25, 0.3) is 16.9 Å². The number of amidine groups is 1. The lowest BCUT2D eigenvalue weighted by molar-refractivity contribution is 0.135. The molecule has 6 N–H and O–H groups in total.